The summed E-state index contributed by atoms with van der Waals surface area (Å²) in [6, 6.07) is 4.96. The number of aliphatic hydroxyl groups excluding tert-OH is 1. The van der Waals surface area contributed by atoms with Gasteiger partial charge in [-0.05, 0) is 31.4 Å². The summed E-state index contributed by atoms with van der Waals surface area (Å²) < 4.78 is 5.76. The predicted molar refractivity (Wildman–Crippen MR) is 73.8 cm³/mol. The van der Waals surface area contributed by atoms with E-state index < -0.39 is 6.10 Å². The summed E-state index contributed by atoms with van der Waals surface area (Å²) in [7, 11) is 0. The number of anilines is 1. The van der Waals surface area contributed by atoms with Crippen LogP contribution in [0, 0.1) is 10.1 Å². The SMILES string of the molecule is CC(O)c1ccc(N2CC3CCC(C2)O3)c([N+](=O)[O-])c1. The molecule has 2 aliphatic rings. The number of hydrogen-bond acceptors (Lipinski definition) is 5. The molecule has 3 rings (SSSR count). The number of rotatable bonds is 3. The highest BCUT2D eigenvalue weighted by Gasteiger charge is 2.35. The molecule has 0 spiro atoms. The molecule has 2 fully saturated rings. The van der Waals surface area contributed by atoms with E-state index >= 15 is 0 Å². The van der Waals surface area contributed by atoms with Crippen LogP contribution in [0.4, 0.5) is 11.4 Å². The molecule has 6 heteroatoms. The van der Waals surface area contributed by atoms with E-state index in [0.717, 1.165) is 12.8 Å². The van der Waals surface area contributed by atoms with Crippen molar-refractivity contribution in [2.24, 2.45) is 0 Å². The molecule has 2 saturated heterocycles. The van der Waals surface area contributed by atoms with E-state index in [4.69, 9.17) is 4.74 Å². The molecule has 3 atom stereocenters. The molecule has 0 aliphatic carbocycles. The van der Waals surface area contributed by atoms with Crippen LogP contribution in [0.25, 0.3) is 0 Å². The first-order valence-corrected chi connectivity index (χ1v) is 6.91. The van der Waals surface area contributed by atoms with Crippen LogP contribution in [0.15, 0.2) is 18.2 Å². The minimum atomic E-state index is -0.705. The number of morpholine rings is 1. The second-order valence-electron chi connectivity index (χ2n) is 5.54. The highest BCUT2D eigenvalue weighted by Crippen LogP contribution is 2.35. The van der Waals surface area contributed by atoms with Crippen molar-refractivity contribution >= 4 is 11.4 Å². The lowest BCUT2D eigenvalue weighted by Gasteiger charge is -2.33. The summed E-state index contributed by atoms with van der Waals surface area (Å²) in [6.45, 7) is 3.00. The van der Waals surface area contributed by atoms with E-state index in [-0.39, 0.29) is 22.8 Å². The molecular formula is C14H18N2O4. The highest BCUT2D eigenvalue weighted by molar-refractivity contribution is 5.65. The third-order valence-electron chi connectivity index (χ3n) is 4.06. The van der Waals surface area contributed by atoms with Crippen molar-refractivity contribution in [3.63, 3.8) is 0 Å². The Bertz CT molecular complexity index is 520. The minimum Gasteiger partial charge on any atom is -0.389 e. The van der Waals surface area contributed by atoms with Gasteiger partial charge >= 0.3 is 0 Å². The Morgan fingerprint density at radius 2 is 2.05 bits per heavy atom. The van der Waals surface area contributed by atoms with Crippen molar-refractivity contribution in [1.29, 1.82) is 0 Å². The summed E-state index contributed by atoms with van der Waals surface area (Å²) in [6.07, 6.45) is 1.72. The Kier molecular flexibility index (Phi) is 3.35. The Balaban J connectivity index is 1.94. The van der Waals surface area contributed by atoms with Crippen LogP contribution in [0.3, 0.4) is 0 Å². The number of aliphatic hydroxyl groups is 1. The van der Waals surface area contributed by atoms with Crippen molar-refractivity contribution in [2.45, 2.75) is 38.1 Å². The molecule has 1 N–H and O–H groups in total. The molecular weight excluding hydrogens is 260 g/mol. The monoisotopic (exact) mass is 278 g/mol. The van der Waals surface area contributed by atoms with Crippen molar-refractivity contribution < 1.29 is 14.8 Å². The van der Waals surface area contributed by atoms with Gasteiger partial charge in [0.05, 0.1) is 23.2 Å². The summed E-state index contributed by atoms with van der Waals surface area (Å²) in [5.74, 6) is 0. The fraction of sp³-hybridized carbons (Fsp3) is 0.571. The summed E-state index contributed by atoms with van der Waals surface area (Å²) in [5, 5.41) is 20.9. The van der Waals surface area contributed by atoms with Crippen LogP contribution in [-0.2, 0) is 4.74 Å². The van der Waals surface area contributed by atoms with Gasteiger partial charge in [0.2, 0.25) is 0 Å². The maximum Gasteiger partial charge on any atom is 0.292 e. The summed E-state index contributed by atoms with van der Waals surface area (Å²) >= 11 is 0. The lowest BCUT2D eigenvalue weighted by molar-refractivity contribution is -0.384. The number of hydrogen-bond donors (Lipinski definition) is 1. The third-order valence-corrected chi connectivity index (χ3v) is 4.06. The van der Waals surface area contributed by atoms with E-state index in [0.29, 0.717) is 24.3 Å². The van der Waals surface area contributed by atoms with Crippen molar-refractivity contribution in [3.05, 3.63) is 33.9 Å². The predicted octanol–water partition coefficient (Wildman–Crippen LogP) is 2.02. The zero-order valence-electron chi connectivity index (χ0n) is 11.4. The summed E-state index contributed by atoms with van der Waals surface area (Å²) in [4.78, 5) is 12.9. The standard InChI is InChI=1S/C14H18N2O4/c1-9(17)10-2-5-13(14(6-10)16(18)19)15-7-11-3-4-12(8-15)20-11/h2,5-6,9,11-12,17H,3-4,7-8H2,1H3. The number of nitro benzene ring substituents is 1. The Labute approximate surface area is 117 Å². The van der Waals surface area contributed by atoms with Crippen LogP contribution >= 0.6 is 0 Å². The van der Waals surface area contributed by atoms with Gasteiger partial charge in [-0.1, -0.05) is 6.07 Å². The van der Waals surface area contributed by atoms with E-state index in [1.807, 2.05) is 4.90 Å². The van der Waals surface area contributed by atoms with Gasteiger partial charge in [-0.3, -0.25) is 10.1 Å². The third kappa shape index (κ3) is 2.36. The van der Waals surface area contributed by atoms with Gasteiger partial charge in [-0.25, -0.2) is 0 Å². The summed E-state index contributed by atoms with van der Waals surface area (Å²) in [5.41, 5.74) is 1.25. The zero-order chi connectivity index (χ0) is 14.3. The molecule has 1 aromatic rings. The second-order valence-corrected chi connectivity index (χ2v) is 5.54. The number of benzene rings is 1. The smallest absolute Gasteiger partial charge is 0.292 e. The minimum absolute atomic E-state index is 0.0599. The molecule has 3 unspecified atom stereocenters. The van der Waals surface area contributed by atoms with Gasteiger partial charge in [0.15, 0.2) is 0 Å². The molecule has 0 radical (unpaired) electrons. The Morgan fingerprint density at radius 3 is 2.60 bits per heavy atom. The van der Waals surface area contributed by atoms with Crippen molar-refractivity contribution in [1.82, 2.24) is 0 Å². The number of ether oxygens (including phenoxy) is 1. The number of fused-ring (bicyclic) bond motifs is 2. The first-order chi connectivity index (χ1) is 9.54. The maximum atomic E-state index is 11.3. The molecule has 0 saturated carbocycles. The largest absolute Gasteiger partial charge is 0.389 e. The topological polar surface area (TPSA) is 75.8 Å². The van der Waals surface area contributed by atoms with Gasteiger partial charge in [-0.15, -0.1) is 0 Å². The van der Waals surface area contributed by atoms with Crippen LogP contribution < -0.4 is 4.90 Å². The van der Waals surface area contributed by atoms with E-state index in [9.17, 15) is 15.2 Å². The Hall–Kier alpha value is -1.66. The highest BCUT2D eigenvalue weighted by atomic mass is 16.6. The molecule has 2 bridgehead atoms. The van der Waals surface area contributed by atoms with Gasteiger partial charge < -0.3 is 14.7 Å². The average Bonchev–Trinajstić information content (AvgIpc) is 2.76. The molecule has 0 aromatic heterocycles. The molecule has 2 aliphatic heterocycles. The van der Waals surface area contributed by atoms with Crippen LogP contribution in [-0.4, -0.2) is 35.3 Å². The fourth-order valence-corrected chi connectivity index (χ4v) is 3.03. The van der Waals surface area contributed by atoms with Gasteiger partial charge in [0.25, 0.3) is 5.69 Å². The van der Waals surface area contributed by atoms with E-state index in [2.05, 4.69) is 0 Å². The number of nitrogens with zero attached hydrogens (tertiary/aromatic N) is 2. The van der Waals surface area contributed by atoms with Gasteiger partial charge in [0.1, 0.15) is 5.69 Å². The first kappa shape index (κ1) is 13.3. The molecule has 6 nitrogen and oxygen atoms in total. The van der Waals surface area contributed by atoms with Crippen LogP contribution in [0.5, 0.6) is 0 Å². The van der Waals surface area contributed by atoms with Gasteiger partial charge in [0, 0.05) is 19.2 Å². The van der Waals surface area contributed by atoms with Crippen LogP contribution in [0.1, 0.15) is 31.4 Å². The normalized spacial score (nSPS) is 26.6. The molecule has 108 valence electrons. The quantitative estimate of drug-likeness (QED) is 0.676. The zero-order valence-corrected chi connectivity index (χ0v) is 11.4. The van der Waals surface area contributed by atoms with Crippen LogP contribution in [0.2, 0.25) is 0 Å². The Morgan fingerprint density at radius 1 is 1.40 bits per heavy atom. The van der Waals surface area contributed by atoms with E-state index in [1.165, 1.54) is 6.07 Å². The molecule has 2 heterocycles. The fourth-order valence-electron chi connectivity index (χ4n) is 3.03. The number of nitro groups is 1. The first-order valence-electron chi connectivity index (χ1n) is 6.91. The average molecular weight is 278 g/mol. The maximum absolute atomic E-state index is 11.3. The molecule has 0 amide bonds. The van der Waals surface area contributed by atoms with E-state index in [1.54, 1.807) is 19.1 Å². The van der Waals surface area contributed by atoms with Crippen molar-refractivity contribution in [2.75, 3.05) is 18.0 Å². The second kappa shape index (κ2) is 5.03. The van der Waals surface area contributed by atoms with Gasteiger partial charge in [-0.2, -0.15) is 0 Å². The molecule has 1 aromatic carbocycles. The lowest BCUT2D eigenvalue weighted by atomic mass is 10.1. The van der Waals surface area contributed by atoms with Crippen molar-refractivity contribution in [3.8, 4) is 0 Å². The lowest BCUT2D eigenvalue weighted by Crippen LogP contribution is -2.42. The molecule has 20 heavy (non-hydrogen) atoms.